The minimum absolute atomic E-state index is 0.0362. The molecule has 1 aromatic rings. The van der Waals surface area contributed by atoms with Crippen LogP contribution in [0.3, 0.4) is 0 Å². The quantitative estimate of drug-likeness (QED) is 0.514. The first-order valence-corrected chi connectivity index (χ1v) is 9.50. The van der Waals surface area contributed by atoms with Crippen molar-refractivity contribution in [1.29, 1.82) is 0 Å². The van der Waals surface area contributed by atoms with Gasteiger partial charge in [0.1, 0.15) is 6.61 Å². The summed E-state index contributed by atoms with van der Waals surface area (Å²) in [5.74, 6) is -2.58. The summed E-state index contributed by atoms with van der Waals surface area (Å²) in [6.07, 6.45) is 2.29. The molecule has 0 bridgehead atoms. The third kappa shape index (κ3) is 5.65. The number of carbonyl (C=O) groups excluding carboxylic acids is 2. The number of carbonyl (C=O) groups is 2. The molecular weight excluding hydrogens is 411 g/mol. The molecule has 166 valence electrons. The van der Waals surface area contributed by atoms with E-state index in [0.29, 0.717) is 11.4 Å². The zero-order chi connectivity index (χ0) is 23.2. The van der Waals surface area contributed by atoms with Crippen molar-refractivity contribution in [2.45, 2.75) is 32.9 Å². The first-order chi connectivity index (χ1) is 14.6. The first kappa shape index (κ1) is 24.0. The van der Waals surface area contributed by atoms with Crippen LogP contribution in [-0.2, 0) is 25.2 Å². The van der Waals surface area contributed by atoms with Gasteiger partial charge >= 0.3 is 18.1 Å². The van der Waals surface area contributed by atoms with Gasteiger partial charge < -0.3 is 14.8 Å². The number of hydrogen-bond acceptors (Lipinski definition) is 5. The van der Waals surface area contributed by atoms with E-state index in [0.717, 1.165) is 12.1 Å². The monoisotopic (exact) mass is 435 g/mol. The number of allylic oxidation sites excluding steroid dienone is 5. The predicted molar refractivity (Wildman–Crippen MR) is 110 cm³/mol. The molecule has 8 heteroatoms. The van der Waals surface area contributed by atoms with E-state index >= 15 is 0 Å². The molecule has 0 aliphatic carbocycles. The molecule has 5 nitrogen and oxygen atoms in total. The number of hydrogen-bond donors (Lipinski definition) is 1. The minimum atomic E-state index is -4.58. The molecule has 2 rings (SSSR count). The van der Waals surface area contributed by atoms with Gasteiger partial charge in [0.2, 0.25) is 0 Å². The van der Waals surface area contributed by atoms with E-state index in [4.69, 9.17) is 9.47 Å². The summed E-state index contributed by atoms with van der Waals surface area (Å²) in [4.78, 5) is 25.4. The highest BCUT2D eigenvalue weighted by Crippen LogP contribution is 2.41. The van der Waals surface area contributed by atoms with Crippen LogP contribution in [0.4, 0.5) is 13.2 Å². The minimum Gasteiger partial charge on any atom is -0.466 e. The van der Waals surface area contributed by atoms with E-state index in [1.807, 2.05) is 6.92 Å². The van der Waals surface area contributed by atoms with Gasteiger partial charge in [-0.15, -0.1) is 0 Å². The Morgan fingerprint density at radius 3 is 2.32 bits per heavy atom. The lowest BCUT2D eigenvalue weighted by atomic mass is 9.80. The Morgan fingerprint density at radius 2 is 1.74 bits per heavy atom. The SMILES string of the molecule is CC=CC=CCOC(=O)C1=C(C)NC(C)=C(C(=O)OC)C1c1cccc(C(F)(F)F)c1. The number of dihydropyridines is 1. The Hall–Kier alpha value is -3.29. The summed E-state index contributed by atoms with van der Waals surface area (Å²) in [5, 5.41) is 2.94. The molecule has 1 unspecified atom stereocenters. The average Bonchev–Trinajstić information content (AvgIpc) is 2.71. The summed E-state index contributed by atoms with van der Waals surface area (Å²) in [5.41, 5.74) is 0.108. The summed E-state index contributed by atoms with van der Waals surface area (Å²) < 4.78 is 50.0. The number of alkyl halides is 3. The Morgan fingerprint density at radius 1 is 1.10 bits per heavy atom. The predicted octanol–water partition coefficient (Wildman–Crippen LogP) is 4.79. The molecule has 1 aliphatic heterocycles. The fourth-order valence-electron chi connectivity index (χ4n) is 3.32. The Balaban J connectivity index is 2.55. The summed E-state index contributed by atoms with van der Waals surface area (Å²) in [7, 11) is 1.17. The van der Waals surface area contributed by atoms with Crippen molar-refractivity contribution < 1.29 is 32.2 Å². The molecule has 1 N–H and O–H groups in total. The van der Waals surface area contributed by atoms with Gasteiger partial charge in [-0.1, -0.05) is 36.4 Å². The Bertz CT molecular complexity index is 971. The number of esters is 2. The molecule has 0 amide bonds. The van der Waals surface area contributed by atoms with Crippen LogP contribution >= 0.6 is 0 Å². The molecular formula is C23H24F3NO4. The molecule has 0 saturated carbocycles. The number of methoxy groups -OCH3 is 1. The molecule has 1 aliphatic rings. The summed E-state index contributed by atoms with van der Waals surface area (Å²) in [6.45, 7) is 5.00. The lowest BCUT2D eigenvalue weighted by Gasteiger charge is -2.30. The third-order valence-corrected chi connectivity index (χ3v) is 4.68. The fourth-order valence-corrected chi connectivity index (χ4v) is 3.32. The standard InChI is InChI=1S/C23H24F3NO4/c1-5-6-7-8-12-31-22(29)19-15(3)27-14(2)18(21(28)30-4)20(19)16-10-9-11-17(13-16)23(24,25)26/h5-11,13,20,27H,12H2,1-4H3. The zero-order valence-corrected chi connectivity index (χ0v) is 17.7. The second-order valence-corrected chi connectivity index (χ2v) is 6.80. The average molecular weight is 435 g/mol. The highest BCUT2D eigenvalue weighted by atomic mass is 19.4. The topological polar surface area (TPSA) is 64.6 Å². The maximum atomic E-state index is 13.3. The van der Waals surface area contributed by atoms with Crippen molar-refractivity contribution in [1.82, 2.24) is 5.32 Å². The van der Waals surface area contributed by atoms with Crippen molar-refractivity contribution in [2.75, 3.05) is 13.7 Å². The highest BCUT2D eigenvalue weighted by Gasteiger charge is 2.39. The van der Waals surface area contributed by atoms with E-state index in [2.05, 4.69) is 5.32 Å². The highest BCUT2D eigenvalue weighted by molar-refractivity contribution is 5.99. The lowest BCUT2D eigenvalue weighted by Crippen LogP contribution is -2.32. The zero-order valence-electron chi connectivity index (χ0n) is 17.7. The number of benzene rings is 1. The molecule has 0 aromatic heterocycles. The number of ether oxygens (including phenoxy) is 2. The van der Waals surface area contributed by atoms with Crippen LogP contribution in [0.25, 0.3) is 0 Å². The molecule has 0 fully saturated rings. The molecule has 0 spiro atoms. The molecule has 1 atom stereocenters. The van der Waals surface area contributed by atoms with Crippen molar-refractivity contribution in [3.8, 4) is 0 Å². The second kappa shape index (κ2) is 10.1. The third-order valence-electron chi connectivity index (χ3n) is 4.68. The number of halogens is 3. The van der Waals surface area contributed by atoms with Crippen LogP contribution in [-0.4, -0.2) is 25.7 Å². The van der Waals surface area contributed by atoms with Gasteiger partial charge in [0.15, 0.2) is 0 Å². The van der Waals surface area contributed by atoms with Gasteiger partial charge in [-0.2, -0.15) is 13.2 Å². The van der Waals surface area contributed by atoms with Crippen LogP contribution in [0.1, 0.15) is 37.8 Å². The van der Waals surface area contributed by atoms with E-state index < -0.39 is 29.6 Å². The Labute approximate surface area is 178 Å². The Kier molecular flexibility index (Phi) is 7.85. The van der Waals surface area contributed by atoms with Crippen molar-refractivity contribution in [2.24, 2.45) is 0 Å². The maximum absolute atomic E-state index is 13.3. The molecule has 31 heavy (non-hydrogen) atoms. The molecule has 0 saturated heterocycles. The fraction of sp³-hybridized carbons (Fsp3) is 0.304. The van der Waals surface area contributed by atoms with Crippen LogP contribution in [0.5, 0.6) is 0 Å². The molecule has 1 aromatic carbocycles. The van der Waals surface area contributed by atoms with E-state index in [1.165, 1.54) is 19.2 Å². The van der Waals surface area contributed by atoms with Crippen molar-refractivity contribution >= 4 is 11.9 Å². The summed E-state index contributed by atoms with van der Waals surface area (Å²) >= 11 is 0. The largest absolute Gasteiger partial charge is 0.466 e. The van der Waals surface area contributed by atoms with Crippen LogP contribution < -0.4 is 5.32 Å². The smallest absolute Gasteiger partial charge is 0.416 e. The van der Waals surface area contributed by atoms with Gasteiger partial charge in [-0.3, -0.25) is 0 Å². The van der Waals surface area contributed by atoms with E-state index in [1.54, 1.807) is 38.2 Å². The van der Waals surface area contributed by atoms with E-state index in [9.17, 15) is 22.8 Å². The normalized spacial score (nSPS) is 17.3. The van der Waals surface area contributed by atoms with Crippen molar-refractivity contribution in [3.05, 3.63) is 82.2 Å². The molecule has 1 heterocycles. The second-order valence-electron chi connectivity index (χ2n) is 6.80. The maximum Gasteiger partial charge on any atom is 0.416 e. The van der Waals surface area contributed by atoms with E-state index in [-0.39, 0.29) is 23.3 Å². The van der Waals surface area contributed by atoms with Gasteiger partial charge in [0.05, 0.1) is 29.7 Å². The molecule has 0 radical (unpaired) electrons. The van der Waals surface area contributed by atoms with Gasteiger partial charge in [-0.05, 0) is 38.5 Å². The lowest BCUT2D eigenvalue weighted by molar-refractivity contribution is -0.138. The van der Waals surface area contributed by atoms with Crippen LogP contribution in [0.2, 0.25) is 0 Å². The van der Waals surface area contributed by atoms with Crippen LogP contribution in [0, 0.1) is 0 Å². The first-order valence-electron chi connectivity index (χ1n) is 9.50. The van der Waals surface area contributed by atoms with Gasteiger partial charge in [0.25, 0.3) is 0 Å². The van der Waals surface area contributed by atoms with Gasteiger partial charge in [-0.25, -0.2) is 9.59 Å². The summed E-state index contributed by atoms with van der Waals surface area (Å²) in [6, 6.07) is 4.54. The van der Waals surface area contributed by atoms with Crippen molar-refractivity contribution in [3.63, 3.8) is 0 Å². The van der Waals surface area contributed by atoms with Crippen LogP contribution in [0.15, 0.2) is 71.1 Å². The number of rotatable bonds is 6. The number of nitrogens with one attached hydrogen (secondary N) is 1. The van der Waals surface area contributed by atoms with Gasteiger partial charge in [0, 0.05) is 11.4 Å².